The second-order valence-electron chi connectivity index (χ2n) is 2.93. The second kappa shape index (κ2) is 4.96. The van der Waals surface area contributed by atoms with Crippen LogP contribution in [0.25, 0.3) is 0 Å². The number of alkyl halides is 3. The molecule has 0 radical (unpaired) electrons. The summed E-state index contributed by atoms with van der Waals surface area (Å²) in [7, 11) is 0. The van der Waals surface area contributed by atoms with Crippen LogP contribution in [0.4, 0.5) is 19.0 Å². The Morgan fingerprint density at radius 1 is 1.47 bits per heavy atom. The number of nitrogens with two attached hydrogens (primary N) is 1. The predicted molar refractivity (Wildman–Crippen MR) is 45.9 cm³/mol. The SMILES string of the molecule is Nc1cn(CCCOCC(F)(F)F)nn1. The number of ether oxygens (including phenoxy) is 1. The Kier molecular flexibility index (Phi) is 3.89. The highest BCUT2D eigenvalue weighted by Crippen LogP contribution is 2.14. The predicted octanol–water partition coefficient (Wildman–Crippen LogP) is 0.829. The molecule has 5 nitrogen and oxygen atoms in total. The molecule has 8 heteroatoms. The molecule has 2 N–H and O–H groups in total. The molecule has 0 fully saturated rings. The molecular formula is C7H11F3N4O. The minimum Gasteiger partial charge on any atom is -0.381 e. The molecule has 0 aromatic carbocycles. The van der Waals surface area contributed by atoms with Gasteiger partial charge in [-0.15, -0.1) is 5.10 Å². The third kappa shape index (κ3) is 5.21. The van der Waals surface area contributed by atoms with Crippen LogP contribution in [0, 0.1) is 0 Å². The second-order valence-corrected chi connectivity index (χ2v) is 2.93. The highest BCUT2D eigenvalue weighted by Gasteiger charge is 2.27. The first-order valence-corrected chi connectivity index (χ1v) is 4.27. The minimum absolute atomic E-state index is 0.0271. The summed E-state index contributed by atoms with van der Waals surface area (Å²) in [5, 5.41) is 7.15. The molecule has 1 aromatic heterocycles. The van der Waals surface area contributed by atoms with Gasteiger partial charge in [0.1, 0.15) is 6.61 Å². The van der Waals surface area contributed by atoms with E-state index in [9.17, 15) is 13.2 Å². The van der Waals surface area contributed by atoms with Gasteiger partial charge in [-0.25, -0.2) is 0 Å². The molecule has 0 spiro atoms. The van der Waals surface area contributed by atoms with Gasteiger partial charge >= 0.3 is 6.18 Å². The molecule has 0 aliphatic carbocycles. The van der Waals surface area contributed by atoms with Gasteiger partial charge in [0.05, 0.1) is 6.20 Å². The number of hydrogen-bond acceptors (Lipinski definition) is 4. The lowest BCUT2D eigenvalue weighted by molar-refractivity contribution is -0.174. The van der Waals surface area contributed by atoms with Gasteiger partial charge in [0.2, 0.25) is 0 Å². The standard InChI is InChI=1S/C7H11F3N4O/c8-7(9,10)5-15-3-1-2-14-4-6(11)12-13-14/h4H,1-3,5,11H2. The zero-order valence-corrected chi connectivity index (χ0v) is 7.87. The van der Waals surface area contributed by atoms with Gasteiger partial charge in [0.25, 0.3) is 0 Å². The highest BCUT2D eigenvalue weighted by molar-refractivity contribution is 5.19. The third-order valence-electron chi connectivity index (χ3n) is 1.50. The van der Waals surface area contributed by atoms with E-state index < -0.39 is 12.8 Å². The summed E-state index contributed by atoms with van der Waals surface area (Å²) in [6.45, 7) is -0.756. The van der Waals surface area contributed by atoms with Crippen molar-refractivity contribution in [2.45, 2.75) is 19.1 Å². The maximum Gasteiger partial charge on any atom is 0.411 e. The van der Waals surface area contributed by atoms with Gasteiger partial charge in [0.15, 0.2) is 5.82 Å². The van der Waals surface area contributed by atoms with Gasteiger partial charge in [-0.3, -0.25) is 4.68 Å². The highest BCUT2D eigenvalue weighted by atomic mass is 19.4. The summed E-state index contributed by atoms with van der Waals surface area (Å²) < 4.78 is 40.8. The van der Waals surface area contributed by atoms with E-state index in [-0.39, 0.29) is 12.4 Å². The molecule has 15 heavy (non-hydrogen) atoms. The number of anilines is 1. The molecule has 0 atom stereocenters. The quantitative estimate of drug-likeness (QED) is 0.752. The maximum atomic E-state index is 11.6. The van der Waals surface area contributed by atoms with Crippen LogP contribution >= 0.6 is 0 Å². The van der Waals surface area contributed by atoms with Crippen molar-refractivity contribution in [3.8, 4) is 0 Å². The molecule has 0 saturated carbocycles. The van der Waals surface area contributed by atoms with E-state index in [4.69, 9.17) is 5.73 Å². The summed E-state index contributed by atoms with van der Waals surface area (Å²) in [6, 6.07) is 0. The van der Waals surface area contributed by atoms with Crippen molar-refractivity contribution in [3.63, 3.8) is 0 Å². The number of hydrogen-bond donors (Lipinski definition) is 1. The van der Waals surface area contributed by atoms with E-state index in [0.29, 0.717) is 13.0 Å². The Morgan fingerprint density at radius 2 is 2.20 bits per heavy atom. The lowest BCUT2D eigenvalue weighted by atomic mass is 10.4. The average Bonchev–Trinajstić information content (AvgIpc) is 2.49. The number of halogens is 3. The lowest BCUT2D eigenvalue weighted by Crippen LogP contribution is -2.17. The van der Waals surface area contributed by atoms with Gasteiger partial charge in [0, 0.05) is 13.2 Å². The maximum absolute atomic E-state index is 11.6. The van der Waals surface area contributed by atoms with Crippen molar-refractivity contribution in [2.75, 3.05) is 18.9 Å². The van der Waals surface area contributed by atoms with Crippen molar-refractivity contribution in [3.05, 3.63) is 6.20 Å². The molecular weight excluding hydrogens is 213 g/mol. The Morgan fingerprint density at radius 3 is 2.73 bits per heavy atom. The fourth-order valence-corrected chi connectivity index (χ4v) is 0.939. The number of nitrogens with zero attached hydrogens (tertiary/aromatic N) is 3. The van der Waals surface area contributed by atoms with E-state index in [1.54, 1.807) is 0 Å². The summed E-state index contributed by atoms with van der Waals surface area (Å²) >= 11 is 0. The fourth-order valence-electron chi connectivity index (χ4n) is 0.939. The van der Waals surface area contributed by atoms with Gasteiger partial charge in [-0.1, -0.05) is 5.21 Å². The Balaban J connectivity index is 2.07. The van der Waals surface area contributed by atoms with Crippen LogP contribution < -0.4 is 5.73 Å². The van der Waals surface area contributed by atoms with Crippen molar-refractivity contribution in [1.82, 2.24) is 15.0 Å². The molecule has 1 heterocycles. The Hall–Kier alpha value is -1.31. The first-order chi connectivity index (χ1) is 6.97. The average molecular weight is 224 g/mol. The number of rotatable bonds is 5. The summed E-state index contributed by atoms with van der Waals surface area (Å²) in [6.07, 6.45) is -2.33. The molecule has 0 aliphatic rings. The zero-order valence-electron chi connectivity index (χ0n) is 7.87. The van der Waals surface area contributed by atoms with E-state index in [2.05, 4.69) is 15.0 Å². The molecule has 86 valence electrons. The molecule has 0 amide bonds. The largest absolute Gasteiger partial charge is 0.411 e. The van der Waals surface area contributed by atoms with Crippen LogP contribution in [0.15, 0.2) is 6.20 Å². The summed E-state index contributed by atoms with van der Waals surface area (Å²) in [4.78, 5) is 0. The number of aryl methyl sites for hydroxylation is 1. The zero-order chi connectivity index (χ0) is 11.3. The number of nitrogen functional groups attached to an aromatic ring is 1. The van der Waals surface area contributed by atoms with E-state index in [0.717, 1.165) is 0 Å². The Bertz CT molecular complexity index is 299. The van der Waals surface area contributed by atoms with E-state index in [1.807, 2.05) is 0 Å². The van der Waals surface area contributed by atoms with E-state index in [1.165, 1.54) is 10.9 Å². The number of aromatic nitrogens is 3. The summed E-state index contributed by atoms with van der Waals surface area (Å²) in [5.41, 5.74) is 5.29. The van der Waals surface area contributed by atoms with E-state index >= 15 is 0 Å². The van der Waals surface area contributed by atoms with Gasteiger partial charge in [-0.2, -0.15) is 13.2 Å². The van der Waals surface area contributed by atoms with Crippen LogP contribution in [0.3, 0.4) is 0 Å². The molecule has 1 rings (SSSR count). The molecule has 0 aliphatic heterocycles. The molecule has 0 bridgehead atoms. The smallest absolute Gasteiger partial charge is 0.381 e. The minimum atomic E-state index is -4.27. The monoisotopic (exact) mass is 224 g/mol. The van der Waals surface area contributed by atoms with Crippen molar-refractivity contribution in [2.24, 2.45) is 0 Å². The van der Waals surface area contributed by atoms with Crippen LogP contribution in [0.5, 0.6) is 0 Å². The first-order valence-electron chi connectivity index (χ1n) is 4.27. The fraction of sp³-hybridized carbons (Fsp3) is 0.714. The van der Waals surface area contributed by atoms with Gasteiger partial charge < -0.3 is 10.5 Å². The molecule has 0 unspecified atom stereocenters. The first kappa shape index (κ1) is 11.8. The summed E-state index contributed by atoms with van der Waals surface area (Å²) in [5.74, 6) is 0.284. The third-order valence-corrected chi connectivity index (χ3v) is 1.50. The van der Waals surface area contributed by atoms with Crippen LogP contribution in [-0.4, -0.2) is 34.4 Å². The van der Waals surface area contributed by atoms with Crippen LogP contribution in [0.2, 0.25) is 0 Å². The van der Waals surface area contributed by atoms with Crippen molar-refractivity contribution in [1.29, 1.82) is 0 Å². The van der Waals surface area contributed by atoms with Gasteiger partial charge in [-0.05, 0) is 6.42 Å². The molecule has 1 aromatic rings. The van der Waals surface area contributed by atoms with Crippen molar-refractivity contribution < 1.29 is 17.9 Å². The Labute approximate surface area is 84.0 Å². The van der Waals surface area contributed by atoms with Crippen LogP contribution in [0.1, 0.15) is 6.42 Å². The normalized spacial score (nSPS) is 11.9. The van der Waals surface area contributed by atoms with Crippen molar-refractivity contribution >= 4 is 5.82 Å². The topological polar surface area (TPSA) is 66.0 Å². The lowest BCUT2D eigenvalue weighted by Gasteiger charge is -2.06. The van der Waals surface area contributed by atoms with Crippen LogP contribution in [-0.2, 0) is 11.3 Å². The molecule has 0 saturated heterocycles.